The Kier molecular flexibility index (Phi) is 5.25. The summed E-state index contributed by atoms with van der Waals surface area (Å²) in [5, 5.41) is 4.74. The molecule has 4 heteroatoms. The molecule has 102 valence electrons. The van der Waals surface area contributed by atoms with E-state index in [0.29, 0.717) is 10.9 Å². The third-order valence-corrected chi connectivity index (χ3v) is 3.90. The minimum atomic E-state index is 0.530. The Labute approximate surface area is 119 Å². The van der Waals surface area contributed by atoms with Crippen molar-refractivity contribution in [2.75, 3.05) is 13.6 Å². The van der Waals surface area contributed by atoms with E-state index in [1.165, 1.54) is 37.8 Å². The van der Waals surface area contributed by atoms with E-state index in [9.17, 15) is 0 Å². The van der Waals surface area contributed by atoms with Gasteiger partial charge in [0.1, 0.15) is 0 Å². The van der Waals surface area contributed by atoms with Gasteiger partial charge in [-0.25, -0.2) is 0 Å². The quantitative estimate of drug-likeness (QED) is 0.774. The molecule has 1 aliphatic carbocycles. The molecule has 3 nitrogen and oxygen atoms in total. The Morgan fingerprint density at radius 1 is 1.44 bits per heavy atom. The fraction of sp³-hybridized carbons (Fsp3) is 0.786. The highest BCUT2D eigenvalue weighted by molar-refractivity contribution is 9.09. The van der Waals surface area contributed by atoms with Gasteiger partial charge in [0.05, 0.1) is 11.7 Å². The van der Waals surface area contributed by atoms with Crippen molar-refractivity contribution >= 4 is 15.9 Å². The van der Waals surface area contributed by atoms with Crippen molar-refractivity contribution in [2.24, 2.45) is 0 Å². The smallest absolute Gasteiger partial charge is 0.0764 e. The van der Waals surface area contributed by atoms with Crippen molar-refractivity contribution in [3.05, 3.63) is 18.0 Å². The third-order valence-electron chi connectivity index (χ3n) is 3.61. The molecule has 1 aliphatic rings. The maximum atomic E-state index is 4.74. The molecule has 2 rings (SSSR count). The van der Waals surface area contributed by atoms with E-state index in [4.69, 9.17) is 5.10 Å². The minimum Gasteiger partial charge on any atom is -0.299 e. The molecule has 1 aromatic rings. The van der Waals surface area contributed by atoms with Crippen molar-refractivity contribution < 1.29 is 0 Å². The summed E-state index contributed by atoms with van der Waals surface area (Å²) in [7, 11) is 2.15. The van der Waals surface area contributed by atoms with Crippen LogP contribution in [0, 0.1) is 0 Å². The van der Waals surface area contributed by atoms with Gasteiger partial charge in [-0.05, 0) is 26.0 Å². The van der Waals surface area contributed by atoms with Crippen molar-refractivity contribution in [1.82, 2.24) is 14.7 Å². The second kappa shape index (κ2) is 6.71. The molecule has 18 heavy (non-hydrogen) atoms. The summed E-state index contributed by atoms with van der Waals surface area (Å²) in [6.45, 7) is 4.17. The van der Waals surface area contributed by atoms with Crippen molar-refractivity contribution in [2.45, 2.75) is 56.4 Å². The Morgan fingerprint density at radius 3 is 2.83 bits per heavy atom. The second-order valence-electron chi connectivity index (χ2n) is 5.56. The topological polar surface area (TPSA) is 21.1 Å². The Balaban J connectivity index is 1.89. The lowest BCUT2D eigenvalue weighted by atomic mass is 9.96. The van der Waals surface area contributed by atoms with E-state index in [2.05, 4.69) is 51.7 Å². The maximum absolute atomic E-state index is 4.74. The molecule has 0 N–H and O–H groups in total. The van der Waals surface area contributed by atoms with E-state index >= 15 is 0 Å². The van der Waals surface area contributed by atoms with E-state index in [-0.39, 0.29) is 0 Å². The van der Waals surface area contributed by atoms with Crippen LogP contribution in [0.4, 0.5) is 0 Å². The molecule has 1 fully saturated rings. The summed E-state index contributed by atoms with van der Waals surface area (Å²) in [5.41, 5.74) is 1.19. The fourth-order valence-corrected chi connectivity index (χ4v) is 3.28. The zero-order valence-corrected chi connectivity index (χ0v) is 13.1. The van der Waals surface area contributed by atoms with Crippen LogP contribution in [0.3, 0.4) is 0 Å². The molecule has 0 radical (unpaired) electrons. The number of hydrogen-bond acceptors (Lipinski definition) is 2. The molecule has 1 saturated carbocycles. The zero-order valence-electron chi connectivity index (χ0n) is 11.5. The predicted molar refractivity (Wildman–Crippen MR) is 79.1 cm³/mol. The maximum Gasteiger partial charge on any atom is 0.0764 e. The van der Waals surface area contributed by atoms with Gasteiger partial charge < -0.3 is 0 Å². The molecule has 1 heterocycles. The van der Waals surface area contributed by atoms with Gasteiger partial charge in [-0.15, -0.1) is 0 Å². The standard InChI is InChI=1S/C14H24BrN3/c1-12(15)10-17(2)11-13-8-9-18(16-13)14-6-4-3-5-7-14/h8-9,12,14H,3-7,10-11H2,1-2H3. The van der Waals surface area contributed by atoms with Gasteiger partial charge in [0.15, 0.2) is 0 Å². The fourth-order valence-electron chi connectivity index (χ4n) is 2.78. The predicted octanol–water partition coefficient (Wildman–Crippen LogP) is 3.60. The number of halogens is 1. The molecule has 1 unspecified atom stereocenters. The minimum absolute atomic E-state index is 0.530. The number of aromatic nitrogens is 2. The molecule has 0 saturated heterocycles. The summed E-state index contributed by atoms with van der Waals surface area (Å²) in [4.78, 5) is 2.84. The lowest BCUT2D eigenvalue weighted by Crippen LogP contribution is -2.24. The first kappa shape index (κ1) is 14.1. The van der Waals surface area contributed by atoms with Gasteiger partial charge >= 0.3 is 0 Å². The molecule has 1 atom stereocenters. The molecular weight excluding hydrogens is 290 g/mol. The van der Waals surface area contributed by atoms with Crippen LogP contribution in [0.25, 0.3) is 0 Å². The normalized spacial score (nSPS) is 19.3. The van der Waals surface area contributed by atoms with E-state index < -0.39 is 0 Å². The monoisotopic (exact) mass is 313 g/mol. The Hall–Kier alpha value is -0.350. The summed E-state index contributed by atoms with van der Waals surface area (Å²) in [6.07, 6.45) is 8.89. The lowest BCUT2D eigenvalue weighted by molar-refractivity contribution is 0.310. The summed E-state index contributed by atoms with van der Waals surface area (Å²) in [6, 6.07) is 2.82. The average Bonchev–Trinajstić information content (AvgIpc) is 2.77. The third kappa shape index (κ3) is 4.09. The molecule has 0 aliphatic heterocycles. The largest absolute Gasteiger partial charge is 0.299 e. The van der Waals surface area contributed by atoms with Crippen LogP contribution in [0.5, 0.6) is 0 Å². The van der Waals surface area contributed by atoms with Crippen LogP contribution in [0.15, 0.2) is 12.3 Å². The van der Waals surface area contributed by atoms with E-state index in [0.717, 1.165) is 13.1 Å². The summed E-state index contributed by atoms with van der Waals surface area (Å²) >= 11 is 3.59. The average molecular weight is 314 g/mol. The lowest BCUT2D eigenvalue weighted by Gasteiger charge is -2.22. The summed E-state index contributed by atoms with van der Waals surface area (Å²) < 4.78 is 2.19. The molecule has 0 amide bonds. The number of hydrogen-bond donors (Lipinski definition) is 0. The summed E-state index contributed by atoms with van der Waals surface area (Å²) in [5.74, 6) is 0. The number of nitrogens with zero attached hydrogens (tertiary/aromatic N) is 3. The van der Waals surface area contributed by atoms with Gasteiger partial charge in [0, 0.05) is 24.1 Å². The van der Waals surface area contributed by atoms with Crippen molar-refractivity contribution in [3.63, 3.8) is 0 Å². The Morgan fingerprint density at radius 2 is 2.17 bits per heavy atom. The van der Waals surface area contributed by atoms with Crippen LogP contribution in [0.1, 0.15) is 50.8 Å². The van der Waals surface area contributed by atoms with Crippen LogP contribution in [-0.4, -0.2) is 33.1 Å². The molecule has 0 bridgehead atoms. The van der Waals surface area contributed by atoms with E-state index in [1.54, 1.807) is 0 Å². The molecule has 0 aromatic carbocycles. The molecule has 1 aromatic heterocycles. The highest BCUT2D eigenvalue weighted by Crippen LogP contribution is 2.27. The van der Waals surface area contributed by atoms with E-state index in [1.807, 2.05) is 0 Å². The zero-order chi connectivity index (χ0) is 13.0. The van der Waals surface area contributed by atoms with Crippen molar-refractivity contribution in [3.8, 4) is 0 Å². The highest BCUT2D eigenvalue weighted by Gasteiger charge is 2.16. The molecule has 0 spiro atoms. The van der Waals surface area contributed by atoms with Crippen LogP contribution < -0.4 is 0 Å². The first-order valence-corrected chi connectivity index (χ1v) is 7.93. The number of alkyl halides is 1. The Bertz CT molecular complexity index is 356. The van der Waals surface area contributed by atoms with Gasteiger partial charge in [-0.1, -0.05) is 42.1 Å². The van der Waals surface area contributed by atoms with Gasteiger partial charge in [-0.2, -0.15) is 5.10 Å². The van der Waals surface area contributed by atoms with Crippen LogP contribution in [-0.2, 0) is 6.54 Å². The SMILES string of the molecule is CC(Br)CN(C)Cc1ccn(C2CCCCC2)n1. The van der Waals surface area contributed by atoms with Crippen LogP contribution in [0.2, 0.25) is 0 Å². The van der Waals surface area contributed by atoms with Gasteiger partial charge in [0.25, 0.3) is 0 Å². The number of rotatable bonds is 5. The molecular formula is C14H24BrN3. The van der Waals surface area contributed by atoms with Gasteiger partial charge in [0.2, 0.25) is 0 Å². The first-order chi connectivity index (χ1) is 8.65. The second-order valence-corrected chi connectivity index (χ2v) is 7.12. The van der Waals surface area contributed by atoms with Gasteiger partial charge in [-0.3, -0.25) is 9.58 Å². The van der Waals surface area contributed by atoms with Crippen LogP contribution >= 0.6 is 15.9 Å². The first-order valence-electron chi connectivity index (χ1n) is 7.02. The van der Waals surface area contributed by atoms with Crippen molar-refractivity contribution in [1.29, 1.82) is 0 Å². The highest BCUT2D eigenvalue weighted by atomic mass is 79.9.